The Morgan fingerprint density at radius 2 is 1.85 bits per heavy atom. The number of esters is 1. The number of hydrogen-bond donors (Lipinski definition) is 0. The Morgan fingerprint density at radius 1 is 1.15 bits per heavy atom. The van der Waals surface area contributed by atoms with Crippen LogP contribution in [0.5, 0.6) is 0 Å². The SMILES string of the molecule is O=C(OCC(=O)N1CCC(Cc2ccccc2)CC1)c1cnc(Cl)c(Cl)c1. The molecule has 27 heavy (non-hydrogen) atoms. The average molecular weight is 407 g/mol. The molecule has 1 aliphatic rings. The van der Waals surface area contributed by atoms with Crippen LogP contribution >= 0.6 is 23.2 Å². The number of nitrogens with zero attached hydrogens (tertiary/aromatic N) is 2. The summed E-state index contributed by atoms with van der Waals surface area (Å²) in [7, 11) is 0. The first-order valence-corrected chi connectivity index (χ1v) is 9.58. The van der Waals surface area contributed by atoms with Gasteiger partial charge in [0.15, 0.2) is 6.61 Å². The van der Waals surface area contributed by atoms with Gasteiger partial charge in [-0.25, -0.2) is 9.78 Å². The minimum absolute atomic E-state index is 0.114. The third-order valence-electron chi connectivity index (χ3n) is 4.69. The molecule has 0 aliphatic carbocycles. The van der Waals surface area contributed by atoms with Gasteiger partial charge in [-0.1, -0.05) is 53.5 Å². The fraction of sp³-hybridized carbons (Fsp3) is 0.350. The van der Waals surface area contributed by atoms with E-state index in [1.54, 1.807) is 4.90 Å². The normalized spacial score (nSPS) is 14.8. The fourth-order valence-electron chi connectivity index (χ4n) is 3.17. The van der Waals surface area contributed by atoms with Crippen LogP contribution in [0.15, 0.2) is 42.6 Å². The van der Waals surface area contributed by atoms with Crippen molar-refractivity contribution in [3.05, 3.63) is 63.9 Å². The number of carbonyl (C=O) groups excluding carboxylic acids is 2. The molecule has 0 radical (unpaired) electrons. The molecule has 3 rings (SSSR count). The Labute approximate surface area is 168 Å². The Morgan fingerprint density at radius 3 is 2.52 bits per heavy atom. The smallest absolute Gasteiger partial charge is 0.340 e. The maximum absolute atomic E-state index is 12.3. The zero-order chi connectivity index (χ0) is 19.2. The van der Waals surface area contributed by atoms with Crippen LogP contribution in [0, 0.1) is 5.92 Å². The van der Waals surface area contributed by atoms with E-state index in [4.69, 9.17) is 27.9 Å². The molecule has 0 bridgehead atoms. The van der Waals surface area contributed by atoms with Crippen LogP contribution < -0.4 is 0 Å². The molecule has 0 N–H and O–H groups in total. The van der Waals surface area contributed by atoms with Gasteiger partial charge < -0.3 is 9.64 Å². The van der Waals surface area contributed by atoms with Crippen LogP contribution in [0.3, 0.4) is 0 Å². The standard InChI is InChI=1S/C20H20Cl2N2O3/c21-17-11-16(12-23-19(17)22)20(26)27-13-18(25)24-8-6-15(7-9-24)10-14-4-2-1-3-5-14/h1-5,11-12,15H,6-10,13H2. The lowest BCUT2D eigenvalue weighted by atomic mass is 9.90. The van der Waals surface area contributed by atoms with Gasteiger partial charge in [0.05, 0.1) is 10.6 Å². The lowest BCUT2D eigenvalue weighted by Crippen LogP contribution is -2.41. The highest BCUT2D eigenvalue weighted by molar-refractivity contribution is 6.41. The first-order valence-electron chi connectivity index (χ1n) is 8.83. The Balaban J connectivity index is 1.44. The van der Waals surface area contributed by atoms with Crippen molar-refractivity contribution in [3.8, 4) is 0 Å². The summed E-state index contributed by atoms with van der Waals surface area (Å²) in [6.07, 6.45) is 4.20. The number of carbonyl (C=O) groups is 2. The zero-order valence-electron chi connectivity index (χ0n) is 14.7. The molecule has 1 aliphatic heterocycles. The van der Waals surface area contributed by atoms with E-state index >= 15 is 0 Å². The van der Waals surface area contributed by atoms with Crippen LogP contribution in [0.1, 0.15) is 28.8 Å². The van der Waals surface area contributed by atoms with Gasteiger partial charge in [0.25, 0.3) is 5.91 Å². The molecule has 0 spiro atoms. The van der Waals surface area contributed by atoms with E-state index in [9.17, 15) is 9.59 Å². The van der Waals surface area contributed by atoms with Gasteiger partial charge in [0.1, 0.15) is 5.15 Å². The predicted molar refractivity (Wildman–Crippen MR) is 104 cm³/mol. The molecule has 142 valence electrons. The van der Waals surface area contributed by atoms with Crippen molar-refractivity contribution in [1.29, 1.82) is 0 Å². The van der Waals surface area contributed by atoms with E-state index in [0.717, 1.165) is 19.3 Å². The highest BCUT2D eigenvalue weighted by Crippen LogP contribution is 2.22. The maximum atomic E-state index is 12.3. The van der Waals surface area contributed by atoms with Gasteiger partial charge in [0, 0.05) is 19.3 Å². The van der Waals surface area contributed by atoms with Crippen LogP contribution in [-0.2, 0) is 16.0 Å². The molecule has 1 aromatic carbocycles. The van der Waals surface area contributed by atoms with E-state index in [-0.39, 0.29) is 28.3 Å². The molecule has 1 saturated heterocycles. The van der Waals surface area contributed by atoms with Crippen molar-refractivity contribution in [2.24, 2.45) is 5.92 Å². The van der Waals surface area contributed by atoms with Gasteiger partial charge in [-0.15, -0.1) is 0 Å². The van der Waals surface area contributed by atoms with E-state index in [0.29, 0.717) is 19.0 Å². The van der Waals surface area contributed by atoms with E-state index in [1.165, 1.54) is 17.8 Å². The first-order chi connectivity index (χ1) is 13.0. The number of likely N-dealkylation sites (tertiary alicyclic amines) is 1. The number of ether oxygens (including phenoxy) is 1. The molecular formula is C20H20Cl2N2O3. The van der Waals surface area contributed by atoms with Gasteiger partial charge in [-0.2, -0.15) is 0 Å². The van der Waals surface area contributed by atoms with Crippen LogP contribution in [0.25, 0.3) is 0 Å². The van der Waals surface area contributed by atoms with E-state index in [2.05, 4.69) is 17.1 Å². The lowest BCUT2D eigenvalue weighted by molar-refractivity contribution is -0.135. The van der Waals surface area contributed by atoms with Crippen molar-refractivity contribution in [3.63, 3.8) is 0 Å². The summed E-state index contributed by atoms with van der Waals surface area (Å²) in [6, 6.07) is 11.8. The number of pyridine rings is 1. The first kappa shape index (κ1) is 19.6. The monoisotopic (exact) mass is 406 g/mol. The van der Waals surface area contributed by atoms with E-state index < -0.39 is 5.97 Å². The molecule has 0 saturated carbocycles. The summed E-state index contributed by atoms with van der Waals surface area (Å²) in [4.78, 5) is 29.9. The number of hydrogen-bond acceptors (Lipinski definition) is 4. The van der Waals surface area contributed by atoms with Gasteiger partial charge in [-0.3, -0.25) is 4.79 Å². The molecular weight excluding hydrogens is 387 g/mol. The Kier molecular flexibility index (Phi) is 6.69. The molecule has 5 nitrogen and oxygen atoms in total. The summed E-state index contributed by atoms with van der Waals surface area (Å²) in [5, 5.41) is 0.278. The summed E-state index contributed by atoms with van der Waals surface area (Å²) in [6.45, 7) is 1.08. The van der Waals surface area contributed by atoms with Crippen molar-refractivity contribution in [1.82, 2.24) is 9.88 Å². The molecule has 0 unspecified atom stereocenters. The number of halogens is 2. The summed E-state index contributed by atoms with van der Waals surface area (Å²) in [5.74, 6) is -0.260. The van der Waals surface area contributed by atoms with Gasteiger partial charge >= 0.3 is 5.97 Å². The number of piperidine rings is 1. The van der Waals surface area contributed by atoms with Crippen molar-refractivity contribution in [2.75, 3.05) is 19.7 Å². The van der Waals surface area contributed by atoms with Crippen molar-refractivity contribution >= 4 is 35.1 Å². The highest BCUT2D eigenvalue weighted by Gasteiger charge is 2.24. The summed E-state index contributed by atoms with van der Waals surface area (Å²) >= 11 is 11.6. The minimum atomic E-state index is -0.645. The van der Waals surface area contributed by atoms with Crippen LogP contribution in [0.4, 0.5) is 0 Å². The average Bonchev–Trinajstić information content (AvgIpc) is 2.69. The van der Waals surface area contributed by atoms with Gasteiger partial charge in [0.2, 0.25) is 0 Å². The number of aromatic nitrogens is 1. The maximum Gasteiger partial charge on any atom is 0.340 e. The topological polar surface area (TPSA) is 59.5 Å². The van der Waals surface area contributed by atoms with Gasteiger partial charge in [-0.05, 0) is 36.8 Å². The minimum Gasteiger partial charge on any atom is -0.452 e. The third-order valence-corrected chi connectivity index (χ3v) is 5.38. The highest BCUT2D eigenvalue weighted by atomic mass is 35.5. The largest absolute Gasteiger partial charge is 0.452 e. The van der Waals surface area contributed by atoms with Crippen LogP contribution in [-0.4, -0.2) is 41.5 Å². The van der Waals surface area contributed by atoms with Crippen LogP contribution in [0.2, 0.25) is 10.2 Å². The van der Waals surface area contributed by atoms with Crippen molar-refractivity contribution < 1.29 is 14.3 Å². The molecule has 1 aromatic heterocycles. The molecule has 7 heteroatoms. The molecule has 0 atom stereocenters. The number of benzene rings is 1. The molecule has 2 aromatic rings. The Hall–Kier alpha value is -2.11. The number of amides is 1. The summed E-state index contributed by atoms with van der Waals surface area (Å²) in [5.41, 5.74) is 1.49. The lowest BCUT2D eigenvalue weighted by Gasteiger charge is -2.32. The molecule has 1 fully saturated rings. The van der Waals surface area contributed by atoms with Crippen molar-refractivity contribution in [2.45, 2.75) is 19.3 Å². The second-order valence-electron chi connectivity index (χ2n) is 6.59. The van der Waals surface area contributed by atoms with E-state index in [1.807, 2.05) is 18.2 Å². The summed E-state index contributed by atoms with van der Waals surface area (Å²) < 4.78 is 5.09. The predicted octanol–water partition coefficient (Wildman–Crippen LogP) is 4.03. The quantitative estimate of drug-likeness (QED) is 0.555. The molecule has 1 amide bonds. The number of rotatable bonds is 5. The Bertz CT molecular complexity index is 806. The second kappa shape index (κ2) is 9.20. The second-order valence-corrected chi connectivity index (χ2v) is 7.35. The zero-order valence-corrected chi connectivity index (χ0v) is 16.2. The molecule has 2 heterocycles. The fourth-order valence-corrected chi connectivity index (χ4v) is 3.44. The third kappa shape index (κ3) is 5.44.